The highest BCUT2D eigenvalue weighted by Crippen LogP contribution is 2.13. The van der Waals surface area contributed by atoms with Gasteiger partial charge in [0.05, 0.1) is 6.61 Å². The number of alkyl carbamates (subject to hydrolysis) is 1. The first-order chi connectivity index (χ1) is 19.9. The van der Waals surface area contributed by atoms with Gasteiger partial charge in [-0.15, -0.1) is 0 Å². The summed E-state index contributed by atoms with van der Waals surface area (Å²) in [5.41, 5.74) is 7.01. The first-order valence-corrected chi connectivity index (χ1v) is 11.7. The van der Waals surface area contributed by atoms with Gasteiger partial charge in [0.2, 0.25) is 0 Å². The number of esters is 1. The normalized spacial score (nSPS) is 7.96. The zero-order valence-corrected chi connectivity index (χ0v) is 24.2. The molecular formula is C38H74N2O12. The zero-order valence-electron chi connectivity index (χ0n) is 25.2. The summed E-state index contributed by atoms with van der Waals surface area (Å²) < 4.78 is 9.70. The van der Waals surface area contributed by atoms with E-state index in [9.17, 15) is 14.4 Å². The van der Waals surface area contributed by atoms with Gasteiger partial charge in [-0.3, -0.25) is 14.4 Å². The van der Waals surface area contributed by atoms with E-state index in [4.69, 9.17) is 39.2 Å². The number of phenolic OH excluding ortho intramolecular Hbond substituents is 1. The fraction of sp³-hybridized carbons (Fsp3) is 0.395. The molecule has 0 radical (unpaired) electrons. The summed E-state index contributed by atoms with van der Waals surface area (Å²) >= 11 is 0. The number of amides is 1. The van der Waals surface area contributed by atoms with E-state index in [-0.39, 0.29) is 111 Å². The van der Waals surface area contributed by atoms with Crippen LogP contribution < -0.4 is 15.8 Å². The maximum Gasteiger partial charge on any atom is 1.00 e. The van der Waals surface area contributed by atoms with Gasteiger partial charge in [0.15, 0.2) is 5.78 Å². The van der Waals surface area contributed by atoms with Gasteiger partial charge in [0, 0.05) is 20.9 Å². The number of phenols is 1. The average Bonchev–Trinajstić information content (AvgIpc) is 2.96. The number of carboxylic acid groups (broad SMARTS) is 1. The van der Waals surface area contributed by atoms with E-state index in [1.165, 1.54) is 33.2 Å². The predicted octanol–water partition coefficient (Wildman–Crippen LogP) is 8.33. The van der Waals surface area contributed by atoms with Gasteiger partial charge in [-0.05, 0) is 60.2 Å². The number of aliphatic hydroxyl groups is 1. The first kappa shape index (κ1) is 85.8. The highest BCUT2D eigenvalue weighted by molar-refractivity contribution is 6.01. The zero-order chi connectivity index (χ0) is 32.9. The highest BCUT2D eigenvalue weighted by atomic mass is 16.5. The summed E-state index contributed by atoms with van der Waals surface area (Å²) in [6, 6.07) is 13.2. The lowest BCUT2D eigenvalue weighted by atomic mass is 10.1. The van der Waals surface area contributed by atoms with Gasteiger partial charge in [-0.1, -0.05) is 110 Å². The van der Waals surface area contributed by atoms with E-state index >= 15 is 0 Å². The Kier molecular flexibility index (Phi) is 95.5. The van der Waals surface area contributed by atoms with Crippen molar-refractivity contribution in [3.8, 4) is 11.5 Å². The fourth-order valence-corrected chi connectivity index (χ4v) is 2.13. The number of ketones is 1. The number of aliphatic hydroxyl groups excluding tert-OH is 1. The average molecular weight is 751 g/mol. The summed E-state index contributed by atoms with van der Waals surface area (Å²) in [6.45, 7) is 6.25. The number of benzene rings is 2. The molecule has 0 saturated heterocycles. The number of carbonyl (C=O) groups is 4. The summed E-state index contributed by atoms with van der Waals surface area (Å²) in [4.78, 5) is 57.1. The maximum absolute atomic E-state index is 10.8. The third-order valence-corrected chi connectivity index (χ3v) is 3.80. The van der Waals surface area contributed by atoms with Gasteiger partial charge in [-0.25, -0.2) is 4.79 Å². The topological polar surface area (TPSA) is 250 Å². The van der Waals surface area contributed by atoms with Gasteiger partial charge in [0.25, 0.3) is 5.97 Å². The fourth-order valence-electron chi connectivity index (χ4n) is 2.13. The molecule has 1 amide bonds. The largest absolute Gasteiger partial charge is 1.00 e. The number of hydrogen-bond acceptors (Lipinski definition) is 12. The lowest BCUT2D eigenvalue weighted by Crippen LogP contribution is -2.18. The van der Waals surface area contributed by atoms with Crippen LogP contribution in [-0.4, -0.2) is 64.9 Å². The number of nitrogens with two attached hydrogens (primary N) is 1. The lowest BCUT2D eigenvalue weighted by Gasteiger charge is -2.05. The number of aromatic hydroxyl groups is 1. The molecule has 0 aliphatic heterocycles. The molecule has 2 aromatic rings. The molecule has 308 valence electrons. The Labute approximate surface area is 316 Å². The Hall–Kier alpha value is -5.40. The molecule has 0 unspecified atom stereocenters. The van der Waals surface area contributed by atoms with Crippen LogP contribution in [0, 0.1) is 0 Å². The number of aliphatic carboxylic acids is 1. The van der Waals surface area contributed by atoms with Gasteiger partial charge >= 0.3 is 19.6 Å². The van der Waals surface area contributed by atoms with Crippen molar-refractivity contribution in [1.82, 2.24) is 5.32 Å². The smallest absolute Gasteiger partial charge is 0.870 e. The summed E-state index contributed by atoms with van der Waals surface area (Å²) in [5, 5.41) is 27.1. The third-order valence-electron chi connectivity index (χ3n) is 3.80. The Morgan fingerprint density at radius 2 is 1.13 bits per heavy atom. The second kappa shape index (κ2) is 57.8. The highest BCUT2D eigenvalue weighted by Gasteiger charge is 2.01. The molecule has 2 aromatic carbocycles. The van der Waals surface area contributed by atoms with Crippen molar-refractivity contribution < 1.29 is 60.5 Å². The van der Waals surface area contributed by atoms with Crippen LogP contribution in [0.1, 0.15) is 93.2 Å². The maximum atomic E-state index is 10.8. The van der Waals surface area contributed by atoms with Crippen molar-refractivity contribution in [3.63, 3.8) is 0 Å². The van der Waals surface area contributed by atoms with Crippen LogP contribution in [0.5, 0.6) is 11.5 Å². The van der Waals surface area contributed by atoms with Crippen LogP contribution in [0.25, 0.3) is 0 Å². The third kappa shape index (κ3) is 60.0. The lowest BCUT2D eigenvalue weighted by molar-refractivity contribution is -0.191. The second-order valence-corrected chi connectivity index (χ2v) is 7.13. The number of carbonyl (C=O) groups excluding carboxylic acids is 5. The van der Waals surface area contributed by atoms with Crippen molar-refractivity contribution >= 4 is 30.0 Å². The number of ether oxygens (including phenoxy) is 2. The second-order valence-electron chi connectivity index (χ2n) is 7.13. The van der Waals surface area contributed by atoms with Crippen molar-refractivity contribution in [3.05, 3.63) is 96.1 Å². The van der Waals surface area contributed by atoms with Crippen molar-refractivity contribution in [2.45, 2.75) is 93.9 Å². The summed E-state index contributed by atoms with van der Waals surface area (Å²) in [7, 11) is 2.99. The van der Waals surface area contributed by atoms with Gasteiger partial charge in [0.1, 0.15) is 18.1 Å². The van der Waals surface area contributed by atoms with Crippen LogP contribution in [0.3, 0.4) is 0 Å². The van der Waals surface area contributed by atoms with Crippen LogP contribution in [0.15, 0.2) is 85.0 Å². The van der Waals surface area contributed by atoms with Gasteiger partial charge < -0.3 is 41.3 Å². The molecule has 1 aliphatic rings. The monoisotopic (exact) mass is 751 g/mol. The Morgan fingerprint density at radius 1 is 0.788 bits per heavy atom. The van der Waals surface area contributed by atoms with Crippen LogP contribution >= 0.6 is 0 Å². The number of carboxylic acids is 1. The van der Waals surface area contributed by atoms with Crippen molar-refractivity contribution in [1.29, 1.82) is 0 Å². The Morgan fingerprint density at radius 3 is 1.42 bits per heavy atom. The van der Waals surface area contributed by atoms with Crippen molar-refractivity contribution in [2.24, 2.45) is 5.73 Å². The quantitative estimate of drug-likeness (QED) is 0.146. The van der Waals surface area contributed by atoms with E-state index < -0.39 is 12.1 Å². The molecule has 14 nitrogen and oxygen atoms in total. The Balaban J connectivity index is -0.0000000304. The molecule has 0 bridgehead atoms. The molecule has 0 fully saturated rings. The number of hydrogen-bond donors (Lipinski definition) is 5. The molecule has 0 saturated carbocycles. The first-order valence-electron chi connectivity index (χ1n) is 11.7. The van der Waals surface area contributed by atoms with Gasteiger partial charge in [-0.2, -0.15) is 9.59 Å². The number of allylic oxidation sites excluding steroid dienone is 5. The SMILES string of the molecule is C.C.C.C.C.C.C.C.C.C=C1C=CC(=O)C=C1.CC(=O)O.CN.CNC(=O)OCc1ccc(OC(C)=O)cc1.O=C=O.OCc1ccc(O)cc1.[H+].[OH-]. The van der Waals surface area contributed by atoms with Crippen molar-refractivity contribution in [2.75, 3.05) is 14.1 Å². The van der Waals surface area contributed by atoms with Crippen LogP contribution in [-0.2, 0) is 41.9 Å². The minimum atomic E-state index is -0.833. The molecule has 14 heteroatoms. The van der Waals surface area contributed by atoms with E-state index in [1.807, 2.05) is 0 Å². The number of rotatable bonds is 4. The molecule has 0 heterocycles. The minimum Gasteiger partial charge on any atom is -0.870 e. The summed E-state index contributed by atoms with van der Waals surface area (Å²) in [6.07, 6.45) is 6.17. The molecule has 1 aliphatic carbocycles. The summed E-state index contributed by atoms with van der Waals surface area (Å²) in [5.74, 6) is -0.463. The Bertz CT molecular complexity index is 1150. The predicted molar refractivity (Wildman–Crippen MR) is 216 cm³/mol. The van der Waals surface area contributed by atoms with E-state index in [0.29, 0.717) is 5.75 Å². The van der Waals surface area contributed by atoms with Crippen LogP contribution in [0.4, 0.5) is 4.79 Å². The van der Waals surface area contributed by atoms with E-state index in [0.717, 1.165) is 23.6 Å². The van der Waals surface area contributed by atoms with E-state index in [1.54, 1.807) is 60.7 Å². The molecule has 52 heavy (non-hydrogen) atoms. The molecule has 0 spiro atoms. The molecule has 7 N–H and O–H groups in total. The number of nitrogens with one attached hydrogen (secondary N) is 1. The molecule has 0 aromatic heterocycles. The van der Waals surface area contributed by atoms with Crippen LogP contribution in [0.2, 0.25) is 0 Å². The molecule has 3 rings (SSSR count). The molecular weight excluding hydrogens is 676 g/mol. The standard InChI is InChI=1S/C11H13NO4.C7H8O2.C7H6O.C2H4O2.CH5N.CO2.9CH4.H2O/c1-8(13)16-10-5-3-9(4-6-10)7-15-11(14)12-2;8-5-6-1-3-7(9)4-2-6;1-6-2-4-7(8)5-3-6;1-2(3)4;1-2;2-1-3;;;;;;;;;;/h3-6H,7H2,1-2H3,(H,12,14);1-4,8-9H,5H2;2-5H,1H2;1H3,(H,3,4);2H2,1H3;;9*1H4;1H2. The molecule has 0 atom stereocenters. The van der Waals surface area contributed by atoms with E-state index in [2.05, 4.69) is 17.6 Å². The minimum absolute atomic E-state index is 0.